The van der Waals surface area contributed by atoms with Crippen LogP contribution >= 0.6 is 0 Å². The quantitative estimate of drug-likeness (QED) is 0.366. The number of ether oxygens (including phenoxy) is 1. The van der Waals surface area contributed by atoms with Crippen LogP contribution in [0.2, 0.25) is 0 Å². The summed E-state index contributed by atoms with van der Waals surface area (Å²) in [7, 11) is 1.53. The van der Waals surface area contributed by atoms with Gasteiger partial charge in [0.05, 0.1) is 0 Å². The molecule has 2 heterocycles. The monoisotopic (exact) mass is 412 g/mol. The fraction of sp³-hybridized carbons (Fsp3) is 0.120. The van der Waals surface area contributed by atoms with Crippen molar-refractivity contribution < 1.29 is 14.3 Å². The Kier molecular flexibility index (Phi) is 5.45. The number of aryl methyl sites for hydroxylation is 1. The molecular formula is C25H20N2O4. The Bertz CT molecular complexity index is 1340. The first kappa shape index (κ1) is 20.2. The van der Waals surface area contributed by atoms with E-state index in [0.717, 1.165) is 11.1 Å². The standard InChI is InChI=1S/C25H20N2O4/c1-16-10-12-17(13-11-16)22-18-7-3-4-8-19(18)24(29)27(2)23(22)25(30)31-15-21(28)20-9-5-6-14-26-20/h3-14H,15H2,1-2H3. The fourth-order valence-corrected chi connectivity index (χ4v) is 3.52. The number of carbonyl (C=O) groups excluding carboxylic acids is 2. The maximum Gasteiger partial charge on any atom is 0.356 e. The Morgan fingerprint density at radius 3 is 2.29 bits per heavy atom. The molecule has 0 aliphatic rings. The lowest BCUT2D eigenvalue weighted by Crippen LogP contribution is -2.27. The zero-order chi connectivity index (χ0) is 22.0. The van der Waals surface area contributed by atoms with E-state index in [2.05, 4.69) is 4.98 Å². The average Bonchev–Trinajstić information content (AvgIpc) is 2.80. The third kappa shape index (κ3) is 3.88. The molecule has 31 heavy (non-hydrogen) atoms. The highest BCUT2D eigenvalue weighted by molar-refractivity contribution is 6.07. The number of fused-ring (bicyclic) bond motifs is 1. The molecule has 2 aromatic heterocycles. The van der Waals surface area contributed by atoms with E-state index in [-0.39, 0.29) is 16.9 Å². The maximum atomic E-state index is 13.1. The van der Waals surface area contributed by atoms with Gasteiger partial charge in [0.2, 0.25) is 5.78 Å². The van der Waals surface area contributed by atoms with Crippen molar-refractivity contribution >= 4 is 22.5 Å². The van der Waals surface area contributed by atoms with Crippen LogP contribution in [-0.4, -0.2) is 27.9 Å². The van der Waals surface area contributed by atoms with E-state index in [1.54, 1.807) is 30.3 Å². The number of esters is 1. The maximum absolute atomic E-state index is 13.1. The minimum atomic E-state index is -0.745. The van der Waals surface area contributed by atoms with Crippen molar-refractivity contribution in [1.29, 1.82) is 0 Å². The van der Waals surface area contributed by atoms with Crippen LogP contribution in [0.25, 0.3) is 21.9 Å². The summed E-state index contributed by atoms with van der Waals surface area (Å²) >= 11 is 0. The molecule has 0 fully saturated rings. The minimum Gasteiger partial charge on any atom is -0.453 e. The van der Waals surface area contributed by atoms with Gasteiger partial charge in [-0.1, -0.05) is 54.1 Å². The first-order chi connectivity index (χ1) is 15.0. The van der Waals surface area contributed by atoms with E-state index in [4.69, 9.17) is 4.74 Å². The van der Waals surface area contributed by atoms with E-state index in [1.807, 2.05) is 43.3 Å². The second-order valence-electron chi connectivity index (χ2n) is 7.21. The highest BCUT2D eigenvalue weighted by Crippen LogP contribution is 2.31. The van der Waals surface area contributed by atoms with Crippen LogP contribution in [0.1, 0.15) is 26.5 Å². The number of carbonyl (C=O) groups is 2. The third-order valence-electron chi connectivity index (χ3n) is 5.12. The smallest absolute Gasteiger partial charge is 0.356 e. The molecule has 6 nitrogen and oxygen atoms in total. The second-order valence-corrected chi connectivity index (χ2v) is 7.21. The predicted octanol–water partition coefficient (Wildman–Crippen LogP) is 3.95. The molecule has 0 amide bonds. The number of hydrogen-bond donors (Lipinski definition) is 0. The van der Waals surface area contributed by atoms with Gasteiger partial charge < -0.3 is 9.30 Å². The van der Waals surface area contributed by atoms with Crippen molar-refractivity contribution in [2.45, 2.75) is 6.92 Å². The van der Waals surface area contributed by atoms with Crippen LogP contribution in [0.4, 0.5) is 0 Å². The first-order valence-electron chi connectivity index (χ1n) is 9.77. The van der Waals surface area contributed by atoms with Crippen molar-refractivity contribution in [2.24, 2.45) is 7.05 Å². The Balaban J connectivity index is 1.81. The average molecular weight is 412 g/mol. The molecule has 0 bridgehead atoms. The molecule has 0 saturated carbocycles. The summed E-state index contributed by atoms with van der Waals surface area (Å²) in [6.45, 7) is 1.51. The van der Waals surface area contributed by atoms with Gasteiger partial charge in [-0.2, -0.15) is 0 Å². The molecule has 4 aromatic rings. The SMILES string of the molecule is Cc1ccc(-c2c(C(=O)OCC(=O)c3ccccn3)n(C)c(=O)c3ccccc23)cc1. The van der Waals surface area contributed by atoms with E-state index >= 15 is 0 Å². The van der Waals surface area contributed by atoms with Crippen molar-refractivity contribution in [1.82, 2.24) is 9.55 Å². The van der Waals surface area contributed by atoms with Gasteiger partial charge in [0.25, 0.3) is 5.56 Å². The number of Topliss-reactive ketones (excluding diaryl/α,β-unsaturated/α-hetero) is 1. The highest BCUT2D eigenvalue weighted by Gasteiger charge is 2.23. The normalized spacial score (nSPS) is 10.8. The van der Waals surface area contributed by atoms with Gasteiger partial charge in [-0.15, -0.1) is 0 Å². The summed E-state index contributed by atoms with van der Waals surface area (Å²) in [5, 5.41) is 1.15. The van der Waals surface area contributed by atoms with E-state index < -0.39 is 18.4 Å². The van der Waals surface area contributed by atoms with Gasteiger partial charge in [0.15, 0.2) is 6.61 Å². The molecule has 0 aliphatic heterocycles. The fourth-order valence-electron chi connectivity index (χ4n) is 3.52. The van der Waals surface area contributed by atoms with Crippen LogP contribution in [0, 0.1) is 6.92 Å². The lowest BCUT2D eigenvalue weighted by Gasteiger charge is -2.16. The van der Waals surface area contributed by atoms with Crippen LogP contribution in [0.15, 0.2) is 77.7 Å². The summed E-state index contributed by atoms with van der Waals surface area (Å²) in [5.74, 6) is -1.16. The van der Waals surface area contributed by atoms with E-state index in [9.17, 15) is 14.4 Å². The molecule has 0 radical (unpaired) electrons. The Morgan fingerprint density at radius 2 is 1.61 bits per heavy atom. The zero-order valence-corrected chi connectivity index (χ0v) is 17.2. The predicted molar refractivity (Wildman–Crippen MR) is 118 cm³/mol. The zero-order valence-electron chi connectivity index (χ0n) is 17.2. The molecule has 0 N–H and O–H groups in total. The molecule has 6 heteroatoms. The highest BCUT2D eigenvalue weighted by atomic mass is 16.5. The Labute approximate surface area is 178 Å². The molecule has 154 valence electrons. The van der Waals surface area contributed by atoms with E-state index in [0.29, 0.717) is 16.3 Å². The molecule has 0 unspecified atom stereocenters. The number of ketones is 1. The summed E-state index contributed by atoms with van der Waals surface area (Å²) < 4.78 is 6.61. The Morgan fingerprint density at radius 1 is 0.935 bits per heavy atom. The topological polar surface area (TPSA) is 78.3 Å². The Hall–Kier alpha value is -4.06. The van der Waals surface area contributed by atoms with Gasteiger partial charge in [0.1, 0.15) is 11.4 Å². The number of rotatable bonds is 5. The molecule has 4 rings (SSSR count). The number of benzene rings is 2. The third-order valence-corrected chi connectivity index (χ3v) is 5.12. The van der Waals surface area contributed by atoms with Crippen LogP contribution in [-0.2, 0) is 11.8 Å². The lowest BCUT2D eigenvalue weighted by atomic mass is 9.96. The van der Waals surface area contributed by atoms with Gasteiger partial charge in [-0.05, 0) is 36.1 Å². The van der Waals surface area contributed by atoms with Gasteiger partial charge in [-0.25, -0.2) is 4.79 Å². The number of hydrogen-bond acceptors (Lipinski definition) is 5. The molecule has 0 spiro atoms. The van der Waals surface area contributed by atoms with Gasteiger partial charge in [-0.3, -0.25) is 14.6 Å². The molecule has 2 aromatic carbocycles. The molecule has 0 aliphatic carbocycles. The van der Waals surface area contributed by atoms with Gasteiger partial charge in [0, 0.05) is 24.2 Å². The minimum absolute atomic E-state index is 0.0985. The lowest BCUT2D eigenvalue weighted by molar-refractivity contribution is 0.0464. The molecule has 0 atom stereocenters. The van der Waals surface area contributed by atoms with Crippen LogP contribution in [0.3, 0.4) is 0 Å². The van der Waals surface area contributed by atoms with Crippen LogP contribution in [0.5, 0.6) is 0 Å². The van der Waals surface area contributed by atoms with Crippen molar-refractivity contribution in [2.75, 3.05) is 6.61 Å². The second kappa shape index (κ2) is 8.36. The largest absolute Gasteiger partial charge is 0.453 e. The number of nitrogens with zero attached hydrogens (tertiary/aromatic N) is 2. The summed E-state index contributed by atoms with van der Waals surface area (Å²) in [5.41, 5.74) is 2.44. The number of aromatic nitrogens is 2. The van der Waals surface area contributed by atoms with Gasteiger partial charge >= 0.3 is 5.97 Å². The summed E-state index contributed by atoms with van der Waals surface area (Å²) in [4.78, 5) is 42.3. The van der Waals surface area contributed by atoms with E-state index in [1.165, 1.54) is 17.8 Å². The molecule has 0 saturated heterocycles. The number of pyridine rings is 2. The first-order valence-corrected chi connectivity index (χ1v) is 9.77. The van der Waals surface area contributed by atoms with Crippen molar-refractivity contribution in [3.8, 4) is 11.1 Å². The molecular weight excluding hydrogens is 392 g/mol. The van der Waals surface area contributed by atoms with Crippen molar-refractivity contribution in [3.05, 3.63) is 100 Å². The van der Waals surface area contributed by atoms with Crippen LogP contribution < -0.4 is 5.56 Å². The summed E-state index contributed by atoms with van der Waals surface area (Å²) in [6.07, 6.45) is 1.50. The van der Waals surface area contributed by atoms with Crippen molar-refractivity contribution in [3.63, 3.8) is 0 Å². The summed E-state index contributed by atoms with van der Waals surface area (Å²) in [6, 6.07) is 19.8.